The van der Waals surface area contributed by atoms with Gasteiger partial charge in [-0.3, -0.25) is 0 Å². The van der Waals surface area contributed by atoms with E-state index in [9.17, 15) is 9.50 Å². The molecule has 0 radical (unpaired) electrons. The van der Waals surface area contributed by atoms with Gasteiger partial charge in [-0.05, 0) is 30.7 Å². The lowest BCUT2D eigenvalue weighted by Gasteiger charge is -2.24. The van der Waals surface area contributed by atoms with Crippen molar-refractivity contribution in [2.75, 3.05) is 11.9 Å². The smallest absolute Gasteiger partial charge is 0.146 e. The van der Waals surface area contributed by atoms with E-state index < -0.39 is 6.10 Å². The van der Waals surface area contributed by atoms with E-state index in [1.165, 1.54) is 6.07 Å². The molecule has 2 aromatic rings. The van der Waals surface area contributed by atoms with Crippen LogP contribution < -0.4 is 4.90 Å². The van der Waals surface area contributed by atoms with Crippen LogP contribution in [0.5, 0.6) is 0 Å². The number of aliphatic hydroxyl groups is 1. The highest BCUT2D eigenvalue weighted by Crippen LogP contribution is 2.29. The average Bonchev–Trinajstić information content (AvgIpc) is 2.40. The fourth-order valence-electron chi connectivity index (χ4n) is 2.21. The van der Waals surface area contributed by atoms with Gasteiger partial charge in [0.15, 0.2) is 0 Å². The van der Waals surface area contributed by atoms with Gasteiger partial charge in [0.2, 0.25) is 0 Å². The minimum absolute atomic E-state index is 0.333. The van der Waals surface area contributed by atoms with E-state index >= 15 is 0 Å². The molecule has 0 aliphatic heterocycles. The molecule has 0 saturated carbocycles. The zero-order valence-electron chi connectivity index (χ0n) is 11.5. The molecule has 2 rings (SSSR count). The summed E-state index contributed by atoms with van der Waals surface area (Å²) in [5, 5.41) is 10.4. The van der Waals surface area contributed by atoms with Gasteiger partial charge in [-0.2, -0.15) is 0 Å². The van der Waals surface area contributed by atoms with Gasteiger partial charge in [0.05, 0.1) is 11.8 Å². The van der Waals surface area contributed by atoms with Crippen molar-refractivity contribution in [1.82, 2.24) is 0 Å². The predicted octanol–water partition coefficient (Wildman–Crippen LogP) is 4.17. The first-order valence-corrected chi connectivity index (χ1v) is 6.79. The normalized spacial score (nSPS) is 12.2. The molecule has 0 heterocycles. The van der Waals surface area contributed by atoms with Crippen LogP contribution in [0.4, 0.5) is 10.1 Å². The highest BCUT2D eigenvalue weighted by Gasteiger charge is 2.16. The molecule has 0 spiro atoms. The Morgan fingerprint density at radius 1 is 1.20 bits per heavy atom. The van der Waals surface area contributed by atoms with Crippen LogP contribution in [-0.4, -0.2) is 12.2 Å². The first kappa shape index (κ1) is 14.8. The van der Waals surface area contributed by atoms with Gasteiger partial charge in [0, 0.05) is 24.2 Å². The standard InChI is InChI=1S/C16H17ClFNO/c1-11(20)14-4-3-5-15(18)16(14)19(2)10-12-6-8-13(17)9-7-12/h3-9,11,20H,10H2,1-2H3/t11-/m0/s1. The molecular formula is C16H17ClFNO. The van der Waals surface area contributed by atoms with Crippen molar-refractivity contribution in [2.24, 2.45) is 0 Å². The van der Waals surface area contributed by atoms with Gasteiger partial charge >= 0.3 is 0 Å². The van der Waals surface area contributed by atoms with Crippen LogP contribution >= 0.6 is 11.6 Å². The second-order valence-corrected chi connectivity index (χ2v) is 5.27. The second kappa shape index (κ2) is 6.25. The molecule has 2 nitrogen and oxygen atoms in total. The average molecular weight is 294 g/mol. The summed E-state index contributed by atoms with van der Waals surface area (Å²) in [6.45, 7) is 2.17. The fraction of sp³-hybridized carbons (Fsp3) is 0.250. The quantitative estimate of drug-likeness (QED) is 0.914. The molecule has 0 unspecified atom stereocenters. The van der Waals surface area contributed by atoms with Crippen molar-refractivity contribution in [2.45, 2.75) is 19.6 Å². The summed E-state index contributed by atoms with van der Waals surface area (Å²) in [4.78, 5) is 1.79. The molecule has 0 saturated heterocycles. The molecule has 0 aliphatic carbocycles. The van der Waals surface area contributed by atoms with Crippen LogP contribution in [0.3, 0.4) is 0 Å². The number of rotatable bonds is 4. The van der Waals surface area contributed by atoms with E-state index in [4.69, 9.17) is 11.6 Å². The molecule has 0 amide bonds. The Morgan fingerprint density at radius 3 is 2.45 bits per heavy atom. The maximum atomic E-state index is 14.1. The van der Waals surface area contributed by atoms with E-state index in [1.54, 1.807) is 31.0 Å². The van der Waals surface area contributed by atoms with Crippen molar-refractivity contribution in [3.8, 4) is 0 Å². The molecule has 0 bridgehead atoms. The minimum Gasteiger partial charge on any atom is -0.389 e. The summed E-state index contributed by atoms with van der Waals surface area (Å²) in [7, 11) is 1.80. The number of nitrogens with zero attached hydrogens (tertiary/aromatic N) is 1. The molecule has 1 N–H and O–H groups in total. The predicted molar refractivity (Wildman–Crippen MR) is 80.6 cm³/mol. The monoisotopic (exact) mass is 293 g/mol. The number of benzene rings is 2. The first-order valence-electron chi connectivity index (χ1n) is 6.41. The number of halogens is 2. The summed E-state index contributed by atoms with van der Waals surface area (Å²) >= 11 is 5.85. The van der Waals surface area contributed by atoms with Crippen LogP contribution in [0.25, 0.3) is 0 Å². The number of para-hydroxylation sites is 1. The van der Waals surface area contributed by atoms with Gasteiger partial charge < -0.3 is 10.0 Å². The number of hydrogen-bond acceptors (Lipinski definition) is 2. The highest BCUT2D eigenvalue weighted by molar-refractivity contribution is 6.30. The number of anilines is 1. The molecule has 0 aromatic heterocycles. The van der Waals surface area contributed by atoms with E-state index in [0.717, 1.165) is 5.56 Å². The summed E-state index contributed by atoms with van der Waals surface area (Å²) < 4.78 is 14.1. The maximum Gasteiger partial charge on any atom is 0.146 e. The molecule has 0 aliphatic rings. The summed E-state index contributed by atoms with van der Waals surface area (Å²) in [6, 6.07) is 12.2. The van der Waals surface area contributed by atoms with Crippen molar-refractivity contribution >= 4 is 17.3 Å². The third-order valence-electron chi connectivity index (χ3n) is 3.18. The van der Waals surface area contributed by atoms with Gasteiger partial charge in [0.1, 0.15) is 5.82 Å². The third kappa shape index (κ3) is 3.30. The van der Waals surface area contributed by atoms with Crippen molar-refractivity contribution in [3.63, 3.8) is 0 Å². The summed E-state index contributed by atoms with van der Waals surface area (Å²) in [6.07, 6.45) is -0.714. The first-order chi connectivity index (χ1) is 9.49. The van der Waals surface area contributed by atoms with Gasteiger partial charge in [-0.15, -0.1) is 0 Å². The van der Waals surface area contributed by atoms with Crippen LogP contribution in [0, 0.1) is 5.82 Å². The third-order valence-corrected chi connectivity index (χ3v) is 3.43. The second-order valence-electron chi connectivity index (χ2n) is 4.84. The Labute approximate surface area is 123 Å². The van der Waals surface area contributed by atoms with Crippen LogP contribution in [0.15, 0.2) is 42.5 Å². The van der Waals surface area contributed by atoms with E-state index in [1.807, 2.05) is 24.3 Å². The topological polar surface area (TPSA) is 23.5 Å². The molecule has 4 heteroatoms. The van der Waals surface area contributed by atoms with Crippen molar-refractivity contribution in [1.29, 1.82) is 0 Å². The molecule has 0 fully saturated rings. The van der Waals surface area contributed by atoms with Crippen LogP contribution in [0.1, 0.15) is 24.2 Å². The molecule has 2 aromatic carbocycles. The lowest BCUT2D eigenvalue weighted by atomic mass is 10.1. The lowest BCUT2D eigenvalue weighted by molar-refractivity contribution is 0.199. The zero-order chi connectivity index (χ0) is 14.7. The molecular weight excluding hydrogens is 277 g/mol. The molecule has 1 atom stereocenters. The Morgan fingerprint density at radius 2 is 1.85 bits per heavy atom. The SMILES string of the molecule is C[C@H](O)c1cccc(F)c1N(C)Cc1ccc(Cl)cc1. The van der Waals surface area contributed by atoms with E-state index in [-0.39, 0.29) is 5.82 Å². The van der Waals surface area contributed by atoms with Gasteiger partial charge in [-0.25, -0.2) is 4.39 Å². The largest absolute Gasteiger partial charge is 0.389 e. The highest BCUT2D eigenvalue weighted by atomic mass is 35.5. The van der Waals surface area contributed by atoms with Crippen LogP contribution in [0.2, 0.25) is 5.02 Å². The maximum absolute atomic E-state index is 14.1. The Kier molecular flexibility index (Phi) is 4.63. The zero-order valence-corrected chi connectivity index (χ0v) is 12.2. The fourth-order valence-corrected chi connectivity index (χ4v) is 2.34. The lowest BCUT2D eigenvalue weighted by Crippen LogP contribution is -2.20. The van der Waals surface area contributed by atoms with Crippen molar-refractivity contribution < 1.29 is 9.50 Å². The Bertz CT molecular complexity index is 584. The van der Waals surface area contributed by atoms with Crippen LogP contribution in [-0.2, 0) is 6.54 Å². The van der Waals surface area contributed by atoms with Gasteiger partial charge in [-0.1, -0.05) is 35.9 Å². The minimum atomic E-state index is -0.714. The number of aliphatic hydroxyl groups excluding tert-OH is 1. The molecule has 106 valence electrons. The van der Waals surface area contributed by atoms with E-state index in [0.29, 0.717) is 22.8 Å². The Balaban J connectivity index is 2.29. The van der Waals surface area contributed by atoms with Crippen molar-refractivity contribution in [3.05, 3.63) is 64.4 Å². The summed E-state index contributed by atoms with van der Waals surface area (Å²) in [5.74, 6) is -0.333. The molecule has 20 heavy (non-hydrogen) atoms. The van der Waals surface area contributed by atoms with E-state index in [2.05, 4.69) is 0 Å². The summed E-state index contributed by atoms with van der Waals surface area (Å²) in [5.41, 5.74) is 2.04. The Hall–Kier alpha value is -1.58. The van der Waals surface area contributed by atoms with Gasteiger partial charge in [0.25, 0.3) is 0 Å². The number of hydrogen-bond donors (Lipinski definition) is 1.